The van der Waals surface area contributed by atoms with E-state index in [9.17, 15) is 13.2 Å². The second kappa shape index (κ2) is 4.66. The van der Waals surface area contributed by atoms with Gasteiger partial charge in [0, 0.05) is 37.8 Å². The van der Waals surface area contributed by atoms with Gasteiger partial charge in [0.2, 0.25) is 11.9 Å². The van der Waals surface area contributed by atoms with Crippen molar-refractivity contribution in [2.45, 2.75) is 12.3 Å². The van der Waals surface area contributed by atoms with Crippen LogP contribution in [0, 0.1) is 17.8 Å². The van der Waals surface area contributed by atoms with Crippen LogP contribution < -0.4 is 4.90 Å². The summed E-state index contributed by atoms with van der Waals surface area (Å²) in [5, 5.41) is 0. The Morgan fingerprint density at radius 1 is 1.14 bits per heavy atom. The van der Waals surface area contributed by atoms with Gasteiger partial charge in [0.15, 0.2) is 0 Å². The minimum atomic E-state index is -2.58. The first-order chi connectivity index (χ1) is 10.5. The van der Waals surface area contributed by atoms with Crippen molar-refractivity contribution in [2.75, 3.05) is 18.0 Å². The van der Waals surface area contributed by atoms with Gasteiger partial charge in [0.05, 0.1) is 11.3 Å². The number of alkyl halides is 2. The third-order valence-electron chi connectivity index (χ3n) is 4.48. The van der Waals surface area contributed by atoms with Gasteiger partial charge in [-0.05, 0) is 24.1 Å². The molecule has 0 unspecified atom stereocenters. The third kappa shape index (κ3) is 2.03. The van der Waals surface area contributed by atoms with Crippen LogP contribution in [0.5, 0.6) is 0 Å². The van der Waals surface area contributed by atoms with Gasteiger partial charge in [-0.3, -0.25) is 0 Å². The normalized spacial score (nSPS) is 25.7. The molecule has 0 aromatic carbocycles. The van der Waals surface area contributed by atoms with E-state index in [-0.39, 0.29) is 24.4 Å². The van der Waals surface area contributed by atoms with Crippen LogP contribution >= 0.6 is 0 Å². The summed E-state index contributed by atoms with van der Waals surface area (Å²) in [6.45, 7) is 0.774. The molecule has 2 atom stereocenters. The molecule has 4 rings (SSSR count). The molecule has 114 valence electrons. The van der Waals surface area contributed by atoms with E-state index >= 15 is 0 Å². The lowest BCUT2D eigenvalue weighted by Gasteiger charge is -2.38. The van der Waals surface area contributed by atoms with E-state index in [4.69, 9.17) is 0 Å². The average Bonchev–Trinajstić information content (AvgIpc) is 2.87. The zero-order valence-electron chi connectivity index (χ0n) is 11.6. The number of hydrogen-bond acceptors (Lipinski definition) is 4. The Morgan fingerprint density at radius 3 is 2.73 bits per heavy atom. The molecule has 1 aliphatic heterocycles. The van der Waals surface area contributed by atoms with Gasteiger partial charge in [-0.25, -0.2) is 23.7 Å². The second-order valence-electron chi connectivity index (χ2n) is 5.82. The number of nitrogens with zero attached hydrogens (tertiary/aromatic N) is 4. The number of halogens is 3. The van der Waals surface area contributed by atoms with Crippen molar-refractivity contribution in [3.63, 3.8) is 0 Å². The van der Waals surface area contributed by atoms with Crippen molar-refractivity contribution >= 4 is 5.95 Å². The molecule has 22 heavy (non-hydrogen) atoms. The van der Waals surface area contributed by atoms with Crippen LogP contribution in [0.2, 0.25) is 0 Å². The maximum absolute atomic E-state index is 13.7. The van der Waals surface area contributed by atoms with Crippen molar-refractivity contribution in [3.05, 3.63) is 36.5 Å². The average molecular weight is 306 g/mol. The number of fused-ring (bicyclic) bond motifs is 1. The van der Waals surface area contributed by atoms with Crippen molar-refractivity contribution in [1.29, 1.82) is 0 Å². The molecule has 0 bridgehead atoms. The van der Waals surface area contributed by atoms with Crippen LogP contribution in [-0.4, -0.2) is 34.0 Å². The Bertz CT molecular complexity index is 721. The van der Waals surface area contributed by atoms with E-state index in [2.05, 4.69) is 15.0 Å². The van der Waals surface area contributed by atoms with Gasteiger partial charge < -0.3 is 4.90 Å². The summed E-state index contributed by atoms with van der Waals surface area (Å²) in [6.07, 6.45) is 2.81. The highest BCUT2D eigenvalue weighted by Crippen LogP contribution is 2.52. The Hall–Kier alpha value is -2.18. The topological polar surface area (TPSA) is 41.9 Å². The smallest absolute Gasteiger partial charge is 0.253 e. The predicted octanol–water partition coefficient (Wildman–Crippen LogP) is 2.77. The minimum Gasteiger partial charge on any atom is -0.340 e. The molecule has 0 radical (unpaired) electrons. The molecule has 1 saturated heterocycles. The van der Waals surface area contributed by atoms with Crippen molar-refractivity contribution in [1.82, 2.24) is 15.0 Å². The molecule has 0 spiro atoms. The molecular formula is C15H13F3N4. The molecule has 7 heteroatoms. The van der Waals surface area contributed by atoms with Crippen molar-refractivity contribution in [2.24, 2.45) is 11.8 Å². The standard InChI is InChI=1S/C15H13F3N4/c16-13-10(2-1-4-19-13)12-3-5-20-14(21-12)22-7-9-6-15(17,18)11(9)8-22/h1-5,9,11H,6-8H2/t9-,11+/m1/s1. The summed E-state index contributed by atoms with van der Waals surface area (Å²) in [7, 11) is 0. The summed E-state index contributed by atoms with van der Waals surface area (Å²) in [6, 6.07) is 4.79. The molecule has 4 nitrogen and oxygen atoms in total. The SMILES string of the molecule is Fc1ncccc1-c1ccnc(N2C[C@H]3CC(F)(F)[C@H]3C2)n1. The summed E-state index contributed by atoms with van der Waals surface area (Å²) in [4.78, 5) is 13.8. The number of hydrogen-bond donors (Lipinski definition) is 0. The van der Waals surface area contributed by atoms with E-state index in [0.717, 1.165) is 0 Å². The van der Waals surface area contributed by atoms with Crippen LogP contribution in [0.3, 0.4) is 0 Å². The van der Waals surface area contributed by atoms with Gasteiger partial charge in [0.1, 0.15) is 0 Å². The number of pyridine rings is 1. The molecule has 1 saturated carbocycles. The highest BCUT2D eigenvalue weighted by atomic mass is 19.3. The fourth-order valence-corrected chi connectivity index (χ4v) is 3.29. The Morgan fingerprint density at radius 2 is 2.00 bits per heavy atom. The molecule has 2 aromatic heterocycles. The maximum Gasteiger partial charge on any atom is 0.253 e. The third-order valence-corrected chi connectivity index (χ3v) is 4.48. The number of anilines is 1. The summed E-state index contributed by atoms with van der Waals surface area (Å²) in [5.74, 6) is -3.44. The van der Waals surface area contributed by atoms with Crippen LogP contribution in [-0.2, 0) is 0 Å². The quantitative estimate of drug-likeness (QED) is 0.800. The summed E-state index contributed by atoms with van der Waals surface area (Å²) >= 11 is 0. The van der Waals surface area contributed by atoms with Gasteiger partial charge in [-0.2, -0.15) is 4.39 Å². The lowest BCUT2D eigenvalue weighted by Crippen LogP contribution is -2.46. The largest absolute Gasteiger partial charge is 0.340 e. The first kappa shape index (κ1) is 13.5. The second-order valence-corrected chi connectivity index (χ2v) is 5.82. The predicted molar refractivity (Wildman–Crippen MR) is 74.0 cm³/mol. The molecule has 1 aliphatic carbocycles. The van der Waals surface area contributed by atoms with E-state index in [0.29, 0.717) is 18.2 Å². The Labute approximate surface area is 125 Å². The first-order valence-corrected chi connectivity index (χ1v) is 7.11. The van der Waals surface area contributed by atoms with Gasteiger partial charge in [-0.15, -0.1) is 0 Å². The lowest BCUT2D eigenvalue weighted by atomic mass is 9.72. The van der Waals surface area contributed by atoms with Gasteiger partial charge in [0.25, 0.3) is 5.92 Å². The van der Waals surface area contributed by atoms with E-state index in [1.165, 1.54) is 12.4 Å². The number of rotatable bonds is 2. The van der Waals surface area contributed by atoms with Crippen LogP contribution in [0.4, 0.5) is 19.1 Å². The molecular weight excluding hydrogens is 293 g/mol. The number of aromatic nitrogens is 3. The summed E-state index contributed by atoms with van der Waals surface area (Å²) in [5.41, 5.74) is 0.681. The van der Waals surface area contributed by atoms with Gasteiger partial charge in [-0.1, -0.05) is 0 Å². The highest BCUT2D eigenvalue weighted by Gasteiger charge is 2.59. The highest BCUT2D eigenvalue weighted by molar-refractivity contribution is 5.59. The zero-order chi connectivity index (χ0) is 15.3. The lowest BCUT2D eigenvalue weighted by molar-refractivity contribution is -0.152. The Kier molecular flexibility index (Phi) is 2.85. The van der Waals surface area contributed by atoms with Crippen LogP contribution in [0.25, 0.3) is 11.3 Å². The maximum atomic E-state index is 13.7. The van der Waals surface area contributed by atoms with E-state index in [1.807, 2.05) is 0 Å². The Balaban J connectivity index is 1.62. The molecule has 2 aromatic rings. The molecule has 2 fully saturated rings. The van der Waals surface area contributed by atoms with E-state index < -0.39 is 17.8 Å². The summed E-state index contributed by atoms with van der Waals surface area (Å²) < 4.78 is 40.6. The molecule has 3 heterocycles. The van der Waals surface area contributed by atoms with E-state index in [1.54, 1.807) is 23.1 Å². The van der Waals surface area contributed by atoms with Crippen molar-refractivity contribution in [3.8, 4) is 11.3 Å². The minimum absolute atomic E-state index is 0.00242. The fraction of sp³-hybridized carbons (Fsp3) is 0.400. The van der Waals surface area contributed by atoms with Gasteiger partial charge >= 0.3 is 0 Å². The van der Waals surface area contributed by atoms with Crippen molar-refractivity contribution < 1.29 is 13.2 Å². The monoisotopic (exact) mass is 306 g/mol. The molecule has 2 aliphatic rings. The van der Waals surface area contributed by atoms with Crippen LogP contribution in [0.15, 0.2) is 30.6 Å². The molecule has 0 N–H and O–H groups in total. The molecule has 0 amide bonds. The van der Waals surface area contributed by atoms with Crippen LogP contribution in [0.1, 0.15) is 6.42 Å². The first-order valence-electron chi connectivity index (χ1n) is 7.11. The zero-order valence-corrected chi connectivity index (χ0v) is 11.6. The fourth-order valence-electron chi connectivity index (χ4n) is 3.29.